The summed E-state index contributed by atoms with van der Waals surface area (Å²) in [5, 5.41) is 0.815. The lowest BCUT2D eigenvalue weighted by molar-refractivity contribution is -0.152. The van der Waals surface area contributed by atoms with Crippen molar-refractivity contribution < 1.29 is 52.1 Å². The average molecular weight is 746 g/mol. The summed E-state index contributed by atoms with van der Waals surface area (Å²) in [5.74, 6) is -2.68. The largest absolute Gasteiger partial charge is 0.543 e. The molecule has 2 saturated heterocycles. The molecule has 0 bridgehead atoms. The van der Waals surface area contributed by atoms with E-state index in [0.29, 0.717) is 5.56 Å². The molecule has 0 aromatic heterocycles. The Hall–Kier alpha value is -3.07. The number of benzene rings is 1. The van der Waals surface area contributed by atoms with Gasteiger partial charge < -0.3 is 32.8 Å². The van der Waals surface area contributed by atoms with E-state index in [1.54, 1.807) is 65.8 Å². The molecule has 4 rings (SSSR count). The molecule has 0 unspecified atom stereocenters. The van der Waals surface area contributed by atoms with Gasteiger partial charge in [0, 0.05) is 12.0 Å². The highest BCUT2D eigenvalue weighted by atomic mass is 28.4. The van der Waals surface area contributed by atoms with E-state index >= 15 is 0 Å². The van der Waals surface area contributed by atoms with Crippen LogP contribution in [0.1, 0.15) is 105 Å². The molecule has 0 N–H and O–H groups in total. The Balaban J connectivity index is 1.90. The van der Waals surface area contributed by atoms with Gasteiger partial charge in [-0.3, -0.25) is 9.63 Å². The van der Waals surface area contributed by atoms with Gasteiger partial charge in [0.1, 0.15) is 41.8 Å². The van der Waals surface area contributed by atoms with Gasteiger partial charge in [-0.2, -0.15) is 5.06 Å². The number of ether oxygens (including phenoxy) is 6. The van der Waals surface area contributed by atoms with Crippen LogP contribution in [0.5, 0.6) is 5.75 Å². The number of hydrogen-bond acceptors (Lipinski definition) is 11. The third kappa shape index (κ3) is 10.5. The standard InChI is InChI=1S/C39H59NO11Si/c1-24-18-19-29(41)33-30(48-39(11,12)49-33)17-15-16-26-20-27(21-31(32(26)34(42)46-25(24)2)51-52(13,14)37(6,7)8)40(35(43)50-36(3,4)5)45-23-28-22-44-38(9,10)47-28/h15-16,18-21,24-25,28,30,33H,17,22-23H2,1-14H3/b16-15+,19-18-/t24-,25+,28-,30+,33-/m1/s1. The number of hydrogen-bond donors (Lipinski definition) is 0. The number of fused-ring (bicyclic) bond motifs is 2. The van der Waals surface area contributed by atoms with E-state index in [1.807, 2.05) is 26.8 Å². The van der Waals surface area contributed by atoms with Crippen molar-refractivity contribution in [1.29, 1.82) is 0 Å². The number of rotatable bonds is 6. The van der Waals surface area contributed by atoms with Crippen LogP contribution in [-0.4, -0.2) is 81.0 Å². The lowest BCUT2D eigenvalue weighted by atomic mass is 9.99. The molecule has 1 aromatic rings. The van der Waals surface area contributed by atoms with Crippen LogP contribution in [0.2, 0.25) is 18.1 Å². The maximum absolute atomic E-state index is 14.3. The molecule has 52 heavy (non-hydrogen) atoms. The summed E-state index contributed by atoms with van der Waals surface area (Å²) in [6.07, 6.45) is 3.81. The van der Waals surface area contributed by atoms with Crippen LogP contribution >= 0.6 is 0 Å². The Bertz CT molecular complexity index is 1550. The topological polar surface area (TPSA) is 128 Å². The first-order valence-corrected chi connectivity index (χ1v) is 21.0. The number of nitrogens with zero attached hydrogens (tertiary/aromatic N) is 1. The lowest BCUT2D eigenvalue weighted by Crippen LogP contribution is -2.44. The summed E-state index contributed by atoms with van der Waals surface area (Å²) in [5.41, 5.74) is 0.0126. The average Bonchev–Trinajstić information content (AvgIpc) is 3.49. The fourth-order valence-corrected chi connectivity index (χ4v) is 6.56. The Kier molecular flexibility index (Phi) is 12.3. The summed E-state index contributed by atoms with van der Waals surface area (Å²) in [7, 11) is -2.60. The minimum absolute atomic E-state index is 0.0246. The van der Waals surface area contributed by atoms with Crippen molar-refractivity contribution in [3.8, 4) is 5.75 Å². The number of hydroxylamine groups is 1. The fraction of sp³-hybridized carbons (Fsp3) is 0.667. The van der Waals surface area contributed by atoms with Gasteiger partial charge in [0.15, 0.2) is 17.4 Å². The van der Waals surface area contributed by atoms with Crippen LogP contribution < -0.4 is 9.49 Å². The Morgan fingerprint density at radius 2 is 1.63 bits per heavy atom. The molecule has 0 saturated carbocycles. The maximum atomic E-state index is 14.3. The fourth-order valence-electron chi connectivity index (χ4n) is 5.55. The second kappa shape index (κ2) is 15.3. The highest BCUT2D eigenvalue weighted by Gasteiger charge is 2.44. The molecule has 1 aromatic carbocycles. The van der Waals surface area contributed by atoms with E-state index in [-0.39, 0.29) is 53.4 Å². The van der Waals surface area contributed by atoms with Gasteiger partial charge in [-0.1, -0.05) is 45.9 Å². The van der Waals surface area contributed by atoms with E-state index in [9.17, 15) is 14.4 Å². The molecule has 3 heterocycles. The molecular weight excluding hydrogens is 687 g/mol. The number of amides is 1. The lowest BCUT2D eigenvalue weighted by Gasteiger charge is -2.37. The molecule has 3 aliphatic heterocycles. The van der Waals surface area contributed by atoms with Crippen molar-refractivity contribution in [2.45, 2.75) is 149 Å². The van der Waals surface area contributed by atoms with Crippen molar-refractivity contribution in [2.24, 2.45) is 5.92 Å². The van der Waals surface area contributed by atoms with Gasteiger partial charge in [-0.25, -0.2) is 9.59 Å². The van der Waals surface area contributed by atoms with E-state index in [2.05, 4.69) is 33.9 Å². The smallest absolute Gasteiger partial charge is 0.439 e. The molecule has 5 atom stereocenters. The van der Waals surface area contributed by atoms with Crippen molar-refractivity contribution in [3.63, 3.8) is 0 Å². The quantitative estimate of drug-likeness (QED) is 0.159. The zero-order chi connectivity index (χ0) is 39.0. The van der Waals surface area contributed by atoms with Crippen molar-refractivity contribution in [1.82, 2.24) is 0 Å². The van der Waals surface area contributed by atoms with Crippen molar-refractivity contribution in [2.75, 3.05) is 18.3 Å². The van der Waals surface area contributed by atoms with Gasteiger partial charge in [-0.05, 0) is 97.6 Å². The highest BCUT2D eigenvalue weighted by molar-refractivity contribution is 6.74. The summed E-state index contributed by atoms with van der Waals surface area (Å²) in [6, 6.07) is 3.28. The first-order valence-electron chi connectivity index (χ1n) is 18.1. The van der Waals surface area contributed by atoms with Crippen LogP contribution in [0.25, 0.3) is 6.08 Å². The van der Waals surface area contributed by atoms with Gasteiger partial charge >= 0.3 is 12.1 Å². The molecule has 13 heteroatoms. The van der Waals surface area contributed by atoms with Gasteiger partial charge in [0.2, 0.25) is 0 Å². The molecule has 0 aliphatic carbocycles. The number of carbonyl (C=O) groups is 3. The van der Waals surface area contributed by atoms with Gasteiger partial charge in [-0.15, -0.1) is 0 Å². The van der Waals surface area contributed by atoms with E-state index in [1.165, 1.54) is 6.08 Å². The third-order valence-corrected chi connectivity index (χ3v) is 13.8. The van der Waals surface area contributed by atoms with Crippen LogP contribution in [0.4, 0.5) is 10.5 Å². The number of anilines is 1. The van der Waals surface area contributed by atoms with Crippen LogP contribution in [0, 0.1) is 5.92 Å². The Morgan fingerprint density at radius 1 is 0.962 bits per heavy atom. The minimum atomic E-state index is -2.60. The van der Waals surface area contributed by atoms with Crippen LogP contribution in [0.3, 0.4) is 0 Å². The molecule has 0 spiro atoms. The SMILES string of the molecule is C[C@@H]1/C=C\C(=O)[C@H]2OC(C)(C)O[C@H]2C/C=C/c2cc(N(OC[C@H]3COC(C)(C)O3)C(=O)OC(C)(C)C)cc(O[Si](C)(C)C(C)(C)C)c2C(=O)O[C@H]1C. The van der Waals surface area contributed by atoms with Gasteiger partial charge in [0.05, 0.1) is 18.4 Å². The number of ketones is 1. The van der Waals surface area contributed by atoms with E-state index in [4.69, 9.17) is 37.7 Å². The highest BCUT2D eigenvalue weighted by Crippen LogP contribution is 2.41. The van der Waals surface area contributed by atoms with E-state index in [0.717, 1.165) is 5.06 Å². The molecule has 3 aliphatic rings. The molecule has 0 radical (unpaired) electrons. The zero-order valence-corrected chi connectivity index (χ0v) is 34.4. The molecule has 12 nitrogen and oxygen atoms in total. The van der Waals surface area contributed by atoms with Crippen LogP contribution in [0.15, 0.2) is 30.4 Å². The summed E-state index contributed by atoms with van der Waals surface area (Å²) in [4.78, 5) is 47.6. The first kappa shape index (κ1) is 41.7. The second-order valence-corrected chi connectivity index (χ2v) is 22.0. The molecule has 1 amide bonds. The van der Waals surface area contributed by atoms with Crippen molar-refractivity contribution in [3.05, 3.63) is 41.5 Å². The minimum Gasteiger partial charge on any atom is -0.543 e. The van der Waals surface area contributed by atoms with E-state index < -0.39 is 62.0 Å². The maximum Gasteiger partial charge on any atom is 0.439 e. The number of cyclic esters (lactones) is 1. The first-order chi connectivity index (χ1) is 23.8. The monoisotopic (exact) mass is 745 g/mol. The summed E-state index contributed by atoms with van der Waals surface area (Å²) in [6.45, 7) is 26.8. The summed E-state index contributed by atoms with van der Waals surface area (Å²) >= 11 is 0. The summed E-state index contributed by atoms with van der Waals surface area (Å²) < 4.78 is 42.6. The Labute approximate surface area is 310 Å². The van der Waals surface area contributed by atoms with Crippen molar-refractivity contribution >= 4 is 37.9 Å². The predicted octanol–water partition coefficient (Wildman–Crippen LogP) is 8.14. The predicted molar refractivity (Wildman–Crippen MR) is 200 cm³/mol. The molecule has 290 valence electrons. The Morgan fingerprint density at radius 3 is 2.23 bits per heavy atom. The van der Waals surface area contributed by atoms with Gasteiger partial charge in [0.25, 0.3) is 8.32 Å². The number of esters is 1. The second-order valence-electron chi connectivity index (χ2n) is 17.3. The van der Waals surface area contributed by atoms with Crippen LogP contribution in [-0.2, 0) is 38.1 Å². The third-order valence-electron chi connectivity index (χ3n) is 9.47. The molecular formula is C39H59NO11Si. The molecule has 2 fully saturated rings. The normalized spacial score (nSPS) is 27.8. The number of carbonyl (C=O) groups excluding carboxylic acids is 3. The zero-order valence-electron chi connectivity index (χ0n) is 33.4.